The Morgan fingerprint density at radius 2 is 1.52 bits per heavy atom. The monoisotopic (exact) mass is 340 g/mol. The van der Waals surface area contributed by atoms with E-state index in [0.717, 1.165) is 18.9 Å². The van der Waals surface area contributed by atoms with Crippen molar-refractivity contribution >= 4 is 18.3 Å². The van der Waals surface area contributed by atoms with Gasteiger partial charge < -0.3 is 10.2 Å². The van der Waals surface area contributed by atoms with Crippen molar-refractivity contribution in [3.05, 3.63) is 0 Å². The molecule has 132 valence electrons. The van der Waals surface area contributed by atoms with E-state index in [0.29, 0.717) is 30.0 Å². The number of rotatable bonds is 5. The molecule has 23 heavy (non-hydrogen) atoms. The Morgan fingerprint density at radius 3 is 2.13 bits per heavy atom. The summed E-state index contributed by atoms with van der Waals surface area (Å²) in [6, 6.07) is 1.99. The molecule has 2 bridgehead atoms. The van der Waals surface area contributed by atoms with Gasteiger partial charge in [-0.1, -0.05) is 19.3 Å². The van der Waals surface area contributed by atoms with Gasteiger partial charge in [0.05, 0.1) is 0 Å². The van der Waals surface area contributed by atoms with Gasteiger partial charge in [0.1, 0.15) is 0 Å². The maximum absolute atomic E-state index is 13.0. The van der Waals surface area contributed by atoms with Crippen molar-refractivity contribution < 1.29 is 4.79 Å². The van der Waals surface area contributed by atoms with E-state index >= 15 is 0 Å². The molecule has 3 nitrogen and oxygen atoms in total. The summed E-state index contributed by atoms with van der Waals surface area (Å²) in [5.41, 5.74) is 0. The minimum absolute atomic E-state index is 0. The zero-order valence-corrected chi connectivity index (χ0v) is 15.2. The van der Waals surface area contributed by atoms with Gasteiger partial charge in [0.15, 0.2) is 0 Å². The molecule has 2 saturated heterocycles. The average Bonchev–Trinajstić information content (AvgIpc) is 3.29. The molecule has 0 radical (unpaired) electrons. The van der Waals surface area contributed by atoms with E-state index in [9.17, 15) is 4.79 Å². The number of halogens is 1. The molecule has 2 saturated carbocycles. The van der Waals surface area contributed by atoms with Crippen molar-refractivity contribution in [3.63, 3.8) is 0 Å². The number of amides is 1. The lowest BCUT2D eigenvalue weighted by Crippen LogP contribution is -2.45. The van der Waals surface area contributed by atoms with E-state index in [1.807, 2.05) is 0 Å². The molecule has 2 aliphatic heterocycles. The molecule has 4 aliphatic rings. The van der Waals surface area contributed by atoms with Gasteiger partial charge in [0.2, 0.25) is 5.91 Å². The van der Waals surface area contributed by atoms with Crippen LogP contribution >= 0.6 is 12.4 Å². The Labute approximate surface area is 147 Å². The van der Waals surface area contributed by atoms with E-state index in [2.05, 4.69) is 10.2 Å². The molecular weight excluding hydrogens is 308 g/mol. The number of hydrogen-bond donors (Lipinski definition) is 1. The molecular formula is C19H33ClN2O. The molecule has 2 aliphatic carbocycles. The highest BCUT2D eigenvalue weighted by Crippen LogP contribution is 2.36. The first-order valence-electron chi connectivity index (χ1n) is 9.83. The number of fused-ring (bicyclic) bond motifs is 2. The molecule has 2 unspecified atom stereocenters. The quantitative estimate of drug-likeness (QED) is 0.823. The second kappa shape index (κ2) is 7.74. The molecule has 1 N–H and O–H groups in total. The Kier molecular flexibility index (Phi) is 5.90. The van der Waals surface area contributed by atoms with E-state index in [1.54, 1.807) is 0 Å². The summed E-state index contributed by atoms with van der Waals surface area (Å²) >= 11 is 0. The highest BCUT2D eigenvalue weighted by Gasteiger charge is 2.37. The van der Waals surface area contributed by atoms with Crippen LogP contribution in [0, 0.1) is 11.8 Å². The topological polar surface area (TPSA) is 32.3 Å². The van der Waals surface area contributed by atoms with Crippen molar-refractivity contribution in [1.82, 2.24) is 10.2 Å². The van der Waals surface area contributed by atoms with E-state index < -0.39 is 0 Å². The van der Waals surface area contributed by atoms with Crippen LogP contribution in [0.1, 0.15) is 77.0 Å². The summed E-state index contributed by atoms with van der Waals surface area (Å²) in [6.07, 6.45) is 15.3. The zero-order valence-electron chi connectivity index (χ0n) is 14.3. The summed E-state index contributed by atoms with van der Waals surface area (Å²) in [6.45, 7) is 1.07. The van der Waals surface area contributed by atoms with Crippen LogP contribution in [0.15, 0.2) is 0 Å². The van der Waals surface area contributed by atoms with Crippen molar-refractivity contribution in [1.29, 1.82) is 0 Å². The molecule has 4 rings (SSSR count). The lowest BCUT2D eigenvalue weighted by atomic mass is 9.88. The van der Waals surface area contributed by atoms with Crippen LogP contribution in [0.4, 0.5) is 0 Å². The minimum Gasteiger partial charge on any atom is -0.339 e. The van der Waals surface area contributed by atoms with Gasteiger partial charge in [0, 0.05) is 31.1 Å². The molecule has 0 aromatic heterocycles. The second-order valence-corrected chi connectivity index (χ2v) is 8.46. The predicted octanol–water partition coefficient (Wildman–Crippen LogP) is 3.90. The lowest BCUT2D eigenvalue weighted by Gasteiger charge is -2.36. The summed E-state index contributed by atoms with van der Waals surface area (Å²) in [5.74, 6) is 1.97. The highest BCUT2D eigenvalue weighted by molar-refractivity contribution is 5.85. The van der Waals surface area contributed by atoms with Crippen LogP contribution < -0.4 is 5.32 Å². The van der Waals surface area contributed by atoms with Crippen molar-refractivity contribution in [2.45, 2.75) is 95.2 Å². The maximum Gasteiger partial charge on any atom is 0.223 e. The Hall–Kier alpha value is -0.280. The Balaban J connectivity index is 0.00000156. The smallest absolute Gasteiger partial charge is 0.223 e. The maximum atomic E-state index is 13.0. The van der Waals surface area contributed by atoms with Crippen LogP contribution in [0.2, 0.25) is 0 Å². The number of hydrogen-bond acceptors (Lipinski definition) is 2. The largest absolute Gasteiger partial charge is 0.339 e. The predicted molar refractivity (Wildman–Crippen MR) is 95.8 cm³/mol. The summed E-state index contributed by atoms with van der Waals surface area (Å²) in [7, 11) is 0. The molecule has 0 aromatic rings. The van der Waals surface area contributed by atoms with Crippen molar-refractivity contribution in [2.75, 3.05) is 6.54 Å². The first kappa shape index (κ1) is 17.5. The summed E-state index contributed by atoms with van der Waals surface area (Å²) in [4.78, 5) is 15.3. The van der Waals surface area contributed by atoms with Gasteiger partial charge in [-0.05, 0) is 63.2 Å². The average molecular weight is 341 g/mol. The van der Waals surface area contributed by atoms with Gasteiger partial charge in [-0.25, -0.2) is 0 Å². The standard InChI is InChI=1S/C19H32N2O.ClH/c22-19(12-15-10-16-8-9-17(11-15)20-16)21(13-14-6-7-14)18-4-2-1-3-5-18;/h14-18,20H,1-13H2;1H. The number of carbonyl (C=O) groups is 1. The third-order valence-corrected chi connectivity index (χ3v) is 6.52. The third kappa shape index (κ3) is 4.42. The van der Waals surface area contributed by atoms with Gasteiger partial charge in [-0.3, -0.25) is 4.79 Å². The van der Waals surface area contributed by atoms with Crippen molar-refractivity contribution in [2.24, 2.45) is 11.8 Å². The van der Waals surface area contributed by atoms with Crippen LogP contribution in [0.5, 0.6) is 0 Å². The molecule has 2 heterocycles. The number of carbonyl (C=O) groups excluding carboxylic acids is 1. The van der Waals surface area contributed by atoms with Gasteiger partial charge >= 0.3 is 0 Å². The van der Waals surface area contributed by atoms with E-state index in [-0.39, 0.29) is 12.4 Å². The first-order chi connectivity index (χ1) is 10.8. The normalized spacial score (nSPS) is 34.0. The van der Waals surface area contributed by atoms with E-state index in [1.165, 1.54) is 70.6 Å². The third-order valence-electron chi connectivity index (χ3n) is 6.52. The van der Waals surface area contributed by atoms with Crippen LogP contribution in [0.3, 0.4) is 0 Å². The SMILES string of the molecule is Cl.O=C(CC1CC2CCC(C1)N2)N(CC1CC1)C1CCCCC1. The van der Waals surface area contributed by atoms with Gasteiger partial charge in [0.25, 0.3) is 0 Å². The highest BCUT2D eigenvalue weighted by atomic mass is 35.5. The molecule has 2 atom stereocenters. The van der Waals surface area contributed by atoms with Crippen LogP contribution in [-0.4, -0.2) is 35.5 Å². The van der Waals surface area contributed by atoms with Crippen LogP contribution in [0.25, 0.3) is 0 Å². The molecule has 0 aromatic carbocycles. The summed E-state index contributed by atoms with van der Waals surface area (Å²) in [5, 5.41) is 3.70. The Morgan fingerprint density at radius 1 is 0.870 bits per heavy atom. The molecule has 1 amide bonds. The number of nitrogens with zero attached hydrogens (tertiary/aromatic N) is 1. The summed E-state index contributed by atoms with van der Waals surface area (Å²) < 4.78 is 0. The fourth-order valence-corrected chi connectivity index (χ4v) is 5.13. The second-order valence-electron chi connectivity index (χ2n) is 8.46. The minimum atomic E-state index is 0. The van der Waals surface area contributed by atoms with Gasteiger partial charge in [-0.15, -0.1) is 12.4 Å². The lowest BCUT2D eigenvalue weighted by molar-refractivity contribution is -0.135. The zero-order chi connectivity index (χ0) is 14.9. The molecule has 4 heteroatoms. The Bertz CT molecular complexity index is 394. The number of piperidine rings is 1. The number of nitrogens with one attached hydrogen (secondary N) is 1. The van der Waals surface area contributed by atoms with E-state index in [4.69, 9.17) is 0 Å². The fourth-order valence-electron chi connectivity index (χ4n) is 5.13. The van der Waals surface area contributed by atoms with Gasteiger partial charge in [-0.2, -0.15) is 0 Å². The molecule has 0 spiro atoms. The molecule has 4 fully saturated rings. The fraction of sp³-hybridized carbons (Fsp3) is 0.947. The van der Waals surface area contributed by atoms with Crippen LogP contribution in [-0.2, 0) is 4.79 Å². The van der Waals surface area contributed by atoms with Crippen molar-refractivity contribution in [3.8, 4) is 0 Å². The first-order valence-corrected chi connectivity index (χ1v) is 9.83.